The van der Waals surface area contributed by atoms with Crippen LogP contribution in [0, 0.1) is 0 Å². The fourth-order valence-corrected chi connectivity index (χ4v) is 1.56. The second-order valence-electron chi connectivity index (χ2n) is 4.33. The van der Waals surface area contributed by atoms with Gasteiger partial charge in [-0.1, -0.05) is 12.7 Å². The summed E-state index contributed by atoms with van der Waals surface area (Å²) in [4.78, 5) is 22.7. The van der Waals surface area contributed by atoms with E-state index in [0.29, 0.717) is 12.1 Å². The number of amides is 1. The fourth-order valence-electron chi connectivity index (χ4n) is 1.56. The van der Waals surface area contributed by atoms with E-state index in [9.17, 15) is 27.2 Å². The Hall–Kier alpha value is -2.58. The van der Waals surface area contributed by atoms with Crippen LogP contribution in [0.5, 0.6) is 5.75 Å². The Bertz CT molecular complexity index is 601. The Morgan fingerprint density at radius 3 is 2.52 bits per heavy atom. The molecule has 23 heavy (non-hydrogen) atoms. The lowest BCUT2D eigenvalue weighted by molar-refractivity contribution is -0.140. The molecular weight excluding hydrogens is 322 g/mol. The van der Waals surface area contributed by atoms with Crippen molar-refractivity contribution in [2.45, 2.75) is 12.2 Å². The summed E-state index contributed by atoms with van der Waals surface area (Å²) in [7, 11) is 0. The van der Waals surface area contributed by atoms with Crippen molar-refractivity contribution in [3.05, 3.63) is 42.0 Å². The lowest BCUT2D eigenvalue weighted by atomic mass is 10.1. The van der Waals surface area contributed by atoms with Gasteiger partial charge in [-0.25, -0.2) is 9.18 Å². The molecule has 9 heteroatoms. The lowest BCUT2D eigenvalue weighted by Crippen LogP contribution is -2.42. The Balaban J connectivity index is 3.19. The number of carbonyl (C=O) groups is 2. The second kappa shape index (κ2) is 7.61. The number of hydrogen-bond acceptors (Lipinski definition) is 3. The Labute approximate surface area is 128 Å². The molecule has 1 aromatic carbocycles. The number of nitrogens with one attached hydrogen (secondary N) is 1. The second-order valence-corrected chi connectivity index (χ2v) is 4.33. The molecule has 1 atom stereocenters. The van der Waals surface area contributed by atoms with Crippen LogP contribution in [0.2, 0.25) is 0 Å². The first-order chi connectivity index (χ1) is 10.7. The molecule has 1 unspecified atom stereocenters. The zero-order valence-electron chi connectivity index (χ0n) is 11.7. The van der Waals surface area contributed by atoms with Crippen LogP contribution in [0.25, 0.3) is 0 Å². The molecule has 2 N–H and O–H groups in total. The summed E-state index contributed by atoms with van der Waals surface area (Å²) in [5.41, 5.74) is -1.68. The summed E-state index contributed by atoms with van der Waals surface area (Å²) < 4.78 is 55.8. The number of aliphatic carboxylic acids is 1. The molecule has 0 fully saturated rings. The molecular formula is C14H13F4NO4. The number of rotatable bonds is 7. The van der Waals surface area contributed by atoms with Crippen LogP contribution >= 0.6 is 0 Å². The van der Waals surface area contributed by atoms with E-state index in [1.54, 1.807) is 5.32 Å². The number of halogens is 4. The van der Waals surface area contributed by atoms with Crippen molar-refractivity contribution in [2.75, 3.05) is 13.3 Å². The highest BCUT2D eigenvalue weighted by atomic mass is 19.4. The van der Waals surface area contributed by atoms with Crippen molar-refractivity contribution in [1.29, 1.82) is 0 Å². The highest BCUT2D eigenvalue weighted by Gasteiger charge is 2.32. The van der Waals surface area contributed by atoms with Gasteiger partial charge in [0, 0.05) is 0 Å². The van der Waals surface area contributed by atoms with E-state index in [2.05, 4.69) is 6.58 Å². The molecule has 0 saturated carbocycles. The molecule has 0 radical (unpaired) electrons. The van der Waals surface area contributed by atoms with Crippen LogP contribution in [0.15, 0.2) is 30.9 Å². The first-order valence-electron chi connectivity index (χ1n) is 6.25. The first-order valence-corrected chi connectivity index (χ1v) is 6.25. The summed E-state index contributed by atoms with van der Waals surface area (Å²) >= 11 is 0. The molecule has 1 amide bonds. The third-order valence-electron chi connectivity index (χ3n) is 2.67. The van der Waals surface area contributed by atoms with Crippen LogP contribution in [-0.2, 0) is 11.0 Å². The van der Waals surface area contributed by atoms with Crippen LogP contribution in [0.1, 0.15) is 15.9 Å². The van der Waals surface area contributed by atoms with Crippen molar-refractivity contribution in [2.24, 2.45) is 0 Å². The topological polar surface area (TPSA) is 75.6 Å². The molecule has 0 aromatic heterocycles. The van der Waals surface area contributed by atoms with E-state index in [4.69, 9.17) is 9.84 Å². The van der Waals surface area contributed by atoms with E-state index in [0.717, 1.165) is 6.07 Å². The Morgan fingerprint density at radius 1 is 1.39 bits per heavy atom. The van der Waals surface area contributed by atoms with Gasteiger partial charge in [-0.15, -0.1) is 0 Å². The van der Waals surface area contributed by atoms with E-state index >= 15 is 0 Å². The number of hydrogen-bond donors (Lipinski definition) is 2. The van der Waals surface area contributed by atoms with E-state index < -0.39 is 41.9 Å². The normalized spacial score (nSPS) is 12.3. The average molecular weight is 335 g/mol. The van der Waals surface area contributed by atoms with Crippen molar-refractivity contribution < 1.29 is 37.0 Å². The van der Waals surface area contributed by atoms with E-state index in [-0.39, 0.29) is 12.4 Å². The van der Waals surface area contributed by atoms with Gasteiger partial charge in [-0.3, -0.25) is 4.79 Å². The zero-order chi connectivity index (χ0) is 17.6. The third kappa shape index (κ3) is 4.97. The number of carboxylic acids is 1. The third-order valence-corrected chi connectivity index (χ3v) is 2.67. The van der Waals surface area contributed by atoms with Crippen LogP contribution in [0.4, 0.5) is 17.6 Å². The van der Waals surface area contributed by atoms with Gasteiger partial charge in [0.05, 0.1) is 11.1 Å². The summed E-state index contributed by atoms with van der Waals surface area (Å²) in [6, 6.07) is 0.264. The minimum atomic E-state index is -4.71. The summed E-state index contributed by atoms with van der Waals surface area (Å²) in [6.45, 7) is 1.86. The van der Waals surface area contributed by atoms with Crippen molar-refractivity contribution >= 4 is 11.9 Å². The Morgan fingerprint density at radius 2 is 2.04 bits per heavy atom. The first kappa shape index (κ1) is 18.5. The molecule has 0 heterocycles. The van der Waals surface area contributed by atoms with Gasteiger partial charge >= 0.3 is 12.1 Å². The molecule has 0 saturated heterocycles. The lowest BCUT2D eigenvalue weighted by Gasteiger charge is -2.15. The van der Waals surface area contributed by atoms with Crippen LogP contribution in [-0.4, -0.2) is 36.3 Å². The minimum Gasteiger partial charge on any atom is -0.489 e. The van der Waals surface area contributed by atoms with Gasteiger partial charge < -0.3 is 15.2 Å². The SMILES string of the molecule is C=CCOc1ccc(C(F)(F)F)cc1C(=O)NC(CF)C(=O)O. The minimum absolute atomic E-state index is 0.0862. The van der Waals surface area contributed by atoms with Gasteiger partial charge in [-0.2, -0.15) is 13.2 Å². The quantitative estimate of drug-likeness (QED) is 0.593. The summed E-state index contributed by atoms with van der Waals surface area (Å²) in [5, 5.41) is 10.5. The number of carboxylic acid groups (broad SMARTS) is 1. The van der Waals surface area contributed by atoms with Crippen molar-refractivity contribution in [3.8, 4) is 5.75 Å². The molecule has 0 aliphatic carbocycles. The molecule has 1 aromatic rings. The van der Waals surface area contributed by atoms with E-state index in [1.165, 1.54) is 6.08 Å². The molecule has 1 rings (SSSR count). The Kier molecular flexibility index (Phi) is 6.11. The summed E-state index contributed by atoms with van der Waals surface area (Å²) in [6.07, 6.45) is -3.40. The smallest absolute Gasteiger partial charge is 0.416 e. The number of ether oxygens (including phenoxy) is 1. The van der Waals surface area contributed by atoms with Gasteiger partial charge in [0.15, 0.2) is 6.04 Å². The van der Waals surface area contributed by atoms with Gasteiger partial charge in [0.25, 0.3) is 5.91 Å². The standard InChI is InChI=1S/C14H13F4NO4/c1-2-5-23-11-4-3-8(14(16,17)18)6-9(11)12(20)19-10(7-15)13(21)22/h2-4,6,10H,1,5,7H2,(H,19,20)(H,21,22). The maximum atomic E-state index is 12.7. The van der Waals surface area contributed by atoms with Gasteiger partial charge in [-0.05, 0) is 18.2 Å². The van der Waals surface area contributed by atoms with Crippen molar-refractivity contribution in [1.82, 2.24) is 5.32 Å². The highest BCUT2D eigenvalue weighted by molar-refractivity contribution is 5.99. The molecule has 5 nitrogen and oxygen atoms in total. The fraction of sp³-hybridized carbons (Fsp3) is 0.286. The monoisotopic (exact) mass is 335 g/mol. The molecule has 126 valence electrons. The van der Waals surface area contributed by atoms with E-state index in [1.807, 2.05) is 0 Å². The number of benzene rings is 1. The largest absolute Gasteiger partial charge is 0.489 e. The number of carbonyl (C=O) groups excluding carboxylic acids is 1. The number of alkyl halides is 4. The molecule has 0 bridgehead atoms. The van der Waals surface area contributed by atoms with Crippen LogP contribution in [0.3, 0.4) is 0 Å². The zero-order valence-corrected chi connectivity index (χ0v) is 11.7. The van der Waals surface area contributed by atoms with Crippen molar-refractivity contribution in [3.63, 3.8) is 0 Å². The predicted octanol–water partition coefficient (Wildman–Crippen LogP) is 2.42. The molecule has 0 aliphatic heterocycles. The molecule has 0 aliphatic rings. The maximum absolute atomic E-state index is 12.7. The average Bonchev–Trinajstić information content (AvgIpc) is 2.48. The van der Waals surface area contributed by atoms with Gasteiger partial charge in [0.1, 0.15) is 19.0 Å². The maximum Gasteiger partial charge on any atom is 0.416 e. The summed E-state index contributed by atoms with van der Waals surface area (Å²) in [5.74, 6) is -3.06. The highest BCUT2D eigenvalue weighted by Crippen LogP contribution is 2.32. The van der Waals surface area contributed by atoms with Crippen LogP contribution < -0.4 is 10.1 Å². The molecule has 0 spiro atoms. The van der Waals surface area contributed by atoms with Gasteiger partial charge in [0.2, 0.25) is 0 Å². The predicted molar refractivity (Wildman–Crippen MR) is 72.0 cm³/mol.